The molecule has 0 amide bonds. The van der Waals surface area contributed by atoms with E-state index in [0.717, 1.165) is 44.9 Å². The van der Waals surface area contributed by atoms with E-state index in [1.54, 1.807) is 13.8 Å². The van der Waals surface area contributed by atoms with Gasteiger partial charge in [0.15, 0.2) is 12.1 Å². The quantitative estimate of drug-likeness (QED) is 0.301. The monoisotopic (exact) mass is 620 g/mol. The molecule has 17 atom stereocenters. The van der Waals surface area contributed by atoms with Crippen LogP contribution in [-0.2, 0) is 18.9 Å². The number of hydrogen-bond donors (Lipinski definition) is 5. The minimum absolute atomic E-state index is 0.0559. The molecule has 44 heavy (non-hydrogen) atoms. The fourth-order valence-electron chi connectivity index (χ4n) is 14.0. The molecule has 0 unspecified atom stereocenters. The van der Waals surface area contributed by atoms with Crippen LogP contribution in [0.3, 0.4) is 0 Å². The van der Waals surface area contributed by atoms with Gasteiger partial charge in [-0.25, -0.2) is 0 Å². The zero-order valence-electron chi connectivity index (χ0n) is 27.7. The van der Waals surface area contributed by atoms with E-state index in [1.165, 1.54) is 6.42 Å². The van der Waals surface area contributed by atoms with Crippen LogP contribution in [0.15, 0.2) is 0 Å². The Morgan fingerprint density at radius 1 is 0.841 bits per heavy atom. The summed E-state index contributed by atoms with van der Waals surface area (Å²) in [7, 11) is 0. The van der Waals surface area contributed by atoms with E-state index < -0.39 is 48.2 Å². The standard InChI is InChI=1S/C35H56O9/c1-17-14-19-26(30(4,5)40)44-35(43-19)25(17)31(6)12-13-34-16-33(34)11-10-22(42-27-24(38)23(37)18(36)15-41-27)29(2,3)20(33)8-9-21(34)32(31,7)28(35)39/h17-28,36-40H,8-16H2,1-7H3/t17-,18+,19-,20+,21-,22+,23-,24+,25-,26+,27-,28+,31-,32-,33-,34+,35+/m1/s1. The summed E-state index contributed by atoms with van der Waals surface area (Å²) in [4.78, 5) is 0. The van der Waals surface area contributed by atoms with Gasteiger partial charge in [0.05, 0.1) is 24.4 Å². The van der Waals surface area contributed by atoms with Crippen LogP contribution in [0.25, 0.3) is 0 Å². The lowest BCUT2D eigenvalue weighted by Crippen LogP contribution is -2.61. The van der Waals surface area contributed by atoms with Gasteiger partial charge in [-0.2, -0.15) is 0 Å². The molecule has 3 aliphatic heterocycles. The lowest BCUT2D eigenvalue weighted by Gasteiger charge is -2.63. The van der Waals surface area contributed by atoms with Gasteiger partial charge in [-0.1, -0.05) is 34.6 Å². The predicted octanol–water partition coefficient (Wildman–Crippen LogP) is 3.12. The minimum Gasteiger partial charge on any atom is -0.388 e. The molecule has 250 valence electrons. The molecule has 0 radical (unpaired) electrons. The summed E-state index contributed by atoms with van der Waals surface area (Å²) in [5.74, 6) is 0.108. The lowest BCUT2D eigenvalue weighted by atomic mass is 9.41. The molecule has 0 aromatic carbocycles. The van der Waals surface area contributed by atoms with Crippen LogP contribution in [0.2, 0.25) is 0 Å². The van der Waals surface area contributed by atoms with Crippen molar-refractivity contribution in [3.05, 3.63) is 0 Å². The average Bonchev–Trinajstić information content (AvgIpc) is 3.45. The minimum atomic E-state index is -1.28. The van der Waals surface area contributed by atoms with Crippen molar-refractivity contribution in [1.29, 1.82) is 0 Å². The van der Waals surface area contributed by atoms with Crippen molar-refractivity contribution in [2.45, 2.75) is 160 Å². The normalized spacial score (nSPS) is 62.2. The fraction of sp³-hybridized carbons (Fsp3) is 1.00. The maximum absolute atomic E-state index is 12.7. The largest absolute Gasteiger partial charge is 0.388 e. The van der Waals surface area contributed by atoms with E-state index in [4.69, 9.17) is 18.9 Å². The van der Waals surface area contributed by atoms with Crippen molar-refractivity contribution >= 4 is 0 Å². The summed E-state index contributed by atoms with van der Waals surface area (Å²) in [5, 5.41) is 54.5. The van der Waals surface area contributed by atoms with Crippen LogP contribution in [0.5, 0.6) is 0 Å². The summed E-state index contributed by atoms with van der Waals surface area (Å²) in [6.45, 7) is 15.2. The third-order valence-electron chi connectivity index (χ3n) is 15.9. The molecule has 0 aromatic rings. The highest BCUT2D eigenvalue weighted by molar-refractivity contribution is 5.34. The molecule has 8 fully saturated rings. The van der Waals surface area contributed by atoms with Crippen molar-refractivity contribution in [2.75, 3.05) is 6.61 Å². The van der Waals surface area contributed by atoms with Crippen molar-refractivity contribution in [3.8, 4) is 0 Å². The molecule has 3 spiro atoms. The summed E-state index contributed by atoms with van der Waals surface area (Å²) in [6.07, 6.45) is 2.00. The molecular formula is C35H56O9. The van der Waals surface area contributed by atoms with Crippen LogP contribution in [0.1, 0.15) is 99.8 Å². The van der Waals surface area contributed by atoms with Gasteiger partial charge in [0.2, 0.25) is 0 Å². The van der Waals surface area contributed by atoms with Gasteiger partial charge in [-0.3, -0.25) is 0 Å². The number of rotatable bonds is 3. The highest BCUT2D eigenvalue weighted by atomic mass is 16.8. The van der Waals surface area contributed by atoms with Gasteiger partial charge < -0.3 is 44.5 Å². The summed E-state index contributed by atoms with van der Waals surface area (Å²) in [6, 6.07) is 0. The van der Waals surface area contributed by atoms with Crippen LogP contribution in [0.4, 0.5) is 0 Å². The Balaban J connectivity index is 1.10. The second kappa shape index (κ2) is 9.00. The molecule has 3 heterocycles. The third-order valence-corrected chi connectivity index (χ3v) is 15.9. The van der Waals surface area contributed by atoms with Crippen LogP contribution >= 0.6 is 0 Å². The molecule has 9 heteroatoms. The highest BCUT2D eigenvalue weighted by Gasteiger charge is 2.88. The lowest BCUT2D eigenvalue weighted by molar-refractivity contribution is -0.303. The SMILES string of the molecule is C[C@@H]1C[C@H]2O[C@@]3(O[C@@H]2C(C)(C)O)[C@@H](O)[C@@]2(C)[C@H]4CC[C@H]5C(C)(C)[C@@H](O[C@H]6OC[C@H](O)[C@@H](O)[C@@H]6O)CC[C@@]56C[C@@]46CC[C@]2(C)[C@@H]13. The Morgan fingerprint density at radius 2 is 1.52 bits per heavy atom. The van der Waals surface area contributed by atoms with Crippen molar-refractivity contribution in [2.24, 2.45) is 50.7 Å². The summed E-state index contributed by atoms with van der Waals surface area (Å²) >= 11 is 0. The number of hydrogen-bond acceptors (Lipinski definition) is 9. The molecule has 3 saturated heterocycles. The van der Waals surface area contributed by atoms with Crippen molar-refractivity contribution in [3.63, 3.8) is 0 Å². The Morgan fingerprint density at radius 3 is 2.23 bits per heavy atom. The number of aliphatic hydroxyl groups excluding tert-OH is 4. The molecule has 8 aliphatic rings. The van der Waals surface area contributed by atoms with Crippen LogP contribution < -0.4 is 0 Å². The maximum atomic E-state index is 12.7. The van der Waals surface area contributed by atoms with Crippen molar-refractivity contribution < 1.29 is 44.5 Å². The highest BCUT2D eigenvalue weighted by Crippen LogP contribution is 2.90. The number of aliphatic hydroxyl groups is 5. The van der Waals surface area contributed by atoms with E-state index in [0.29, 0.717) is 17.8 Å². The van der Waals surface area contributed by atoms with E-state index in [9.17, 15) is 25.5 Å². The molecule has 5 N–H and O–H groups in total. The van der Waals surface area contributed by atoms with Gasteiger partial charge in [-0.05, 0) is 105 Å². The van der Waals surface area contributed by atoms with Gasteiger partial charge in [-0.15, -0.1) is 0 Å². The van der Waals surface area contributed by atoms with Gasteiger partial charge in [0.25, 0.3) is 0 Å². The first-order valence-electron chi connectivity index (χ1n) is 17.5. The summed E-state index contributed by atoms with van der Waals surface area (Å²) in [5.41, 5.74) is -1.39. The van der Waals surface area contributed by atoms with Crippen LogP contribution in [0, 0.1) is 50.7 Å². The first-order chi connectivity index (χ1) is 20.4. The Hall–Kier alpha value is -0.360. The fourth-order valence-corrected chi connectivity index (χ4v) is 14.0. The zero-order valence-corrected chi connectivity index (χ0v) is 27.7. The molecule has 5 aliphatic carbocycles. The smallest absolute Gasteiger partial charge is 0.199 e. The van der Waals surface area contributed by atoms with Gasteiger partial charge >= 0.3 is 0 Å². The van der Waals surface area contributed by atoms with Gasteiger partial charge in [0.1, 0.15) is 30.5 Å². The average molecular weight is 621 g/mol. The van der Waals surface area contributed by atoms with E-state index in [2.05, 4.69) is 34.6 Å². The molecule has 2 bridgehead atoms. The number of fused-ring (bicyclic) bond motifs is 4. The van der Waals surface area contributed by atoms with Crippen LogP contribution in [-0.4, -0.2) is 92.5 Å². The second-order valence-corrected chi connectivity index (χ2v) is 18.3. The van der Waals surface area contributed by atoms with E-state index in [-0.39, 0.29) is 51.8 Å². The zero-order chi connectivity index (χ0) is 31.6. The predicted molar refractivity (Wildman–Crippen MR) is 159 cm³/mol. The maximum Gasteiger partial charge on any atom is 0.199 e. The first kappa shape index (κ1) is 30.9. The Bertz CT molecular complexity index is 1200. The molecular weight excluding hydrogens is 564 g/mol. The van der Waals surface area contributed by atoms with Crippen molar-refractivity contribution in [1.82, 2.24) is 0 Å². The summed E-state index contributed by atoms with van der Waals surface area (Å²) < 4.78 is 25.8. The molecule has 8 rings (SSSR count). The van der Waals surface area contributed by atoms with E-state index >= 15 is 0 Å². The topological polar surface area (TPSA) is 138 Å². The molecule has 5 saturated carbocycles. The van der Waals surface area contributed by atoms with Gasteiger partial charge in [0, 0.05) is 11.3 Å². The van der Waals surface area contributed by atoms with E-state index in [1.807, 2.05) is 0 Å². The number of ether oxygens (including phenoxy) is 4. The Kier molecular flexibility index (Phi) is 6.33. The molecule has 9 nitrogen and oxygen atoms in total. The first-order valence-corrected chi connectivity index (χ1v) is 17.5. The third kappa shape index (κ3) is 3.38. The Labute approximate surface area is 262 Å². The second-order valence-electron chi connectivity index (χ2n) is 18.3. The molecule has 0 aromatic heterocycles.